The summed E-state index contributed by atoms with van der Waals surface area (Å²) in [5.41, 5.74) is -0.731. The van der Waals surface area contributed by atoms with Gasteiger partial charge in [-0.2, -0.15) is 13.2 Å². The Bertz CT molecular complexity index is 459. The minimum Gasteiger partial charge on any atom is -0.506 e. The molecule has 0 aromatic heterocycles. The first-order valence-electron chi connectivity index (χ1n) is 5.89. The first-order chi connectivity index (χ1) is 8.88. The van der Waals surface area contributed by atoms with Gasteiger partial charge in [-0.1, -0.05) is 11.6 Å². The Balaban J connectivity index is 2.29. The molecule has 0 aliphatic carbocycles. The van der Waals surface area contributed by atoms with Crippen LogP contribution >= 0.6 is 11.6 Å². The molecule has 0 spiro atoms. The Morgan fingerprint density at radius 1 is 1.26 bits per heavy atom. The summed E-state index contributed by atoms with van der Waals surface area (Å²) in [6.45, 7) is 3.07. The number of rotatable bonds is 2. The molecule has 106 valence electrons. The fraction of sp³-hybridized carbons (Fsp3) is 0.500. The Hall–Kier alpha value is -0.980. The number of alkyl halides is 3. The van der Waals surface area contributed by atoms with Crippen molar-refractivity contribution in [3.8, 4) is 5.75 Å². The van der Waals surface area contributed by atoms with Gasteiger partial charge in [-0.05, 0) is 17.7 Å². The maximum Gasteiger partial charge on any atom is 0.416 e. The van der Waals surface area contributed by atoms with E-state index in [4.69, 9.17) is 11.6 Å². The standard InChI is InChI=1S/C12H14ClF3N2O/c13-10-5-8(7-18-3-1-17-2-4-18)9(6-11(10)19)12(14,15)16/h5-6,17,19H,1-4,7H2. The van der Waals surface area contributed by atoms with Crippen molar-refractivity contribution in [2.24, 2.45) is 0 Å². The van der Waals surface area contributed by atoms with Gasteiger partial charge in [0.2, 0.25) is 0 Å². The van der Waals surface area contributed by atoms with E-state index < -0.39 is 17.5 Å². The van der Waals surface area contributed by atoms with E-state index >= 15 is 0 Å². The van der Waals surface area contributed by atoms with E-state index in [0.717, 1.165) is 13.1 Å². The van der Waals surface area contributed by atoms with Gasteiger partial charge in [0.25, 0.3) is 0 Å². The highest BCUT2D eigenvalue weighted by Crippen LogP contribution is 2.37. The lowest BCUT2D eigenvalue weighted by Gasteiger charge is -2.28. The molecule has 1 aromatic carbocycles. The Kier molecular flexibility index (Phi) is 4.23. The van der Waals surface area contributed by atoms with Crippen molar-refractivity contribution in [3.63, 3.8) is 0 Å². The van der Waals surface area contributed by atoms with Crippen LogP contribution in [0.5, 0.6) is 5.75 Å². The topological polar surface area (TPSA) is 35.5 Å². The quantitative estimate of drug-likeness (QED) is 0.879. The molecule has 0 atom stereocenters. The van der Waals surface area contributed by atoms with Crippen molar-refractivity contribution >= 4 is 11.6 Å². The highest BCUT2D eigenvalue weighted by atomic mass is 35.5. The fourth-order valence-electron chi connectivity index (χ4n) is 2.11. The van der Waals surface area contributed by atoms with E-state index in [1.54, 1.807) is 0 Å². The number of aromatic hydroxyl groups is 1. The predicted molar refractivity (Wildman–Crippen MR) is 66.3 cm³/mol. The summed E-state index contributed by atoms with van der Waals surface area (Å²) in [7, 11) is 0. The van der Waals surface area contributed by atoms with Crippen molar-refractivity contribution in [1.82, 2.24) is 10.2 Å². The van der Waals surface area contributed by atoms with Crippen LogP contribution in [0, 0.1) is 0 Å². The SMILES string of the molecule is Oc1cc(C(F)(F)F)c(CN2CCNCC2)cc1Cl. The van der Waals surface area contributed by atoms with Crippen LogP contribution in [0.4, 0.5) is 13.2 Å². The molecule has 1 aliphatic rings. The van der Waals surface area contributed by atoms with E-state index in [1.165, 1.54) is 6.07 Å². The van der Waals surface area contributed by atoms with Gasteiger partial charge >= 0.3 is 6.18 Å². The Labute approximate surface area is 114 Å². The summed E-state index contributed by atoms with van der Waals surface area (Å²) in [6, 6.07) is 1.89. The molecule has 0 radical (unpaired) electrons. The number of benzene rings is 1. The van der Waals surface area contributed by atoms with E-state index in [1.807, 2.05) is 4.90 Å². The zero-order valence-corrected chi connectivity index (χ0v) is 10.9. The van der Waals surface area contributed by atoms with Crippen molar-refractivity contribution < 1.29 is 18.3 Å². The van der Waals surface area contributed by atoms with Gasteiger partial charge in [-0.15, -0.1) is 0 Å². The number of nitrogens with zero attached hydrogens (tertiary/aromatic N) is 1. The highest BCUT2D eigenvalue weighted by Gasteiger charge is 2.34. The first-order valence-corrected chi connectivity index (χ1v) is 6.27. The molecule has 1 aliphatic heterocycles. The maximum atomic E-state index is 12.9. The average molecular weight is 295 g/mol. The van der Waals surface area contributed by atoms with Gasteiger partial charge in [0.1, 0.15) is 5.75 Å². The number of nitrogens with one attached hydrogen (secondary N) is 1. The molecular weight excluding hydrogens is 281 g/mol. The van der Waals surface area contributed by atoms with Gasteiger partial charge in [-0.25, -0.2) is 0 Å². The summed E-state index contributed by atoms with van der Waals surface area (Å²) in [4.78, 5) is 1.93. The number of phenolic OH excluding ortho intramolecular Hbond substituents is 1. The number of hydrogen-bond donors (Lipinski definition) is 2. The fourth-order valence-corrected chi connectivity index (χ4v) is 2.29. The first kappa shape index (κ1) is 14.4. The zero-order valence-electron chi connectivity index (χ0n) is 10.1. The van der Waals surface area contributed by atoms with E-state index in [2.05, 4.69) is 5.32 Å². The highest BCUT2D eigenvalue weighted by molar-refractivity contribution is 6.32. The molecule has 19 heavy (non-hydrogen) atoms. The van der Waals surface area contributed by atoms with Crippen molar-refractivity contribution in [1.29, 1.82) is 0 Å². The van der Waals surface area contributed by atoms with E-state index in [-0.39, 0.29) is 17.1 Å². The summed E-state index contributed by atoms with van der Waals surface area (Å²) in [6.07, 6.45) is -4.49. The van der Waals surface area contributed by atoms with Crippen LogP contribution in [-0.4, -0.2) is 36.2 Å². The molecule has 1 saturated heterocycles. The van der Waals surface area contributed by atoms with Gasteiger partial charge in [-0.3, -0.25) is 4.90 Å². The summed E-state index contributed by atoms with van der Waals surface area (Å²) in [5.74, 6) is -0.543. The monoisotopic (exact) mass is 294 g/mol. The lowest BCUT2D eigenvalue weighted by molar-refractivity contribution is -0.138. The largest absolute Gasteiger partial charge is 0.506 e. The van der Waals surface area contributed by atoms with Crippen molar-refractivity contribution in [2.75, 3.05) is 26.2 Å². The molecular formula is C12H14ClF3N2O. The molecule has 0 bridgehead atoms. The van der Waals surface area contributed by atoms with Gasteiger partial charge in [0.15, 0.2) is 0 Å². The summed E-state index contributed by atoms with van der Waals surface area (Å²) >= 11 is 5.71. The molecule has 1 aromatic rings. The zero-order chi connectivity index (χ0) is 14.0. The van der Waals surface area contributed by atoms with Crippen LogP contribution < -0.4 is 5.32 Å². The Morgan fingerprint density at radius 2 is 1.89 bits per heavy atom. The van der Waals surface area contributed by atoms with Crippen LogP contribution in [0.15, 0.2) is 12.1 Å². The summed E-state index contributed by atoms with van der Waals surface area (Å²) in [5, 5.41) is 12.4. The molecule has 3 nitrogen and oxygen atoms in total. The molecule has 7 heteroatoms. The number of phenols is 1. The number of piperazine rings is 1. The number of hydrogen-bond acceptors (Lipinski definition) is 3. The normalized spacial score (nSPS) is 17.7. The third-order valence-electron chi connectivity index (χ3n) is 3.08. The van der Waals surface area contributed by atoms with Crippen LogP contribution in [-0.2, 0) is 12.7 Å². The minimum absolute atomic E-state index is 0.0573. The predicted octanol–water partition coefficient (Wildman–Crippen LogP) is 2.47. The van der Waals surface area contributed by atoms with E-state index in [0.29, 0.717) is 19.2 Å². The second kappa shape index (κ2) is 5.56. The van der Waals surface area contributed by atoms with Gasteiger partial charge < -0.3 is 10.4 Å². The van der Waals surface area contributed by atoms with Crippen LogP contribution in [0.25, 0.3) is 0 Å². The smallest absolute Gasteiger partial charge is 0.416 e. The third kappa shape index (κ3) is 3.52. The third-order valence-corrected chi connectivity index (χ3v) is 3.38. The molecule has 0 saturated carbocycles. The molecule has 1 fully saturated rings. The average Bonchev–Trinajstić information content (AvgIpc) is 2.33. The molecule has 2 rings (SSSR count). The van der Waals surface area contributed by atoms with Crippen LogP contribution in [0.1, 0.15) is 11.1 Å². The molecule has 2 N–H and O–H groups in total. The molecule has 1 heterocycles. The van der Waals surface area contributed by atoms with Crippen molar-refractivity contribution in [3.05, 3.63) is 28.3 Å². The summed E-state index contributed by atoms with van der Waals surface area (Å²) < 4.78 is 38.8. The second-order valence-corrected chi connectivity index (χ2v) is 4.89. The van der Waals surface area contributed by atoms with Gasteiger partial charge in [0, 0.05) is 32.7 Å². The van der Waals surface area contributed by atoms with Crippen LogP contribution in [0.3, 0.4) is 0 Å². The maximum absolute atomic E-state index is 12.9. The minimum atomic E-state index is -4.49. The van der Waals surface area contributed by atoms with Crippen molar-refractivity contribution in [2.45, 2.75) is 12.7 Å². The van der Waals surface area contributed by atoms with Gasteiger partial charge in [0.05, 0.1) is 10.6 Å². The number of halogens is 4. The van der Waals surface area contributed by atoms with Crippen LogP contribution in [0.2, 0.25) is 5.02 Å². The second-order valence-electron chi connectivity index (χ2n) is 4.48. The molecule has 0 unspecified atom stereocenters. The lowest BCUT2D eigenvalue weighted by atomic mass is 10.1. The van der Waals surface area contributed by atoms with E-state index in [9.17, 15) is 18.3 Å². The molecule has 0 amide bonds. The lowest BCUT2D eigenvalue weighted by Crippen LogP contribution is -2.43. The Morgan fingerprint density at radius 3 is 2.47 bits per heavy atom.